The predicted molar refractivity (Wildman–Crippen MR) is 67.5 cm³/mol. The first kappa shape index (κ1) is 16.1. The molecule has 5 nitrogen and oxygen atoms in total. The molecule has 1 aromatic rings. The van der Waals surface area contributed by atoms with Gasteiger partial charge in [0.05, 0.1) is 18.6 Å². The van der Waals surface area contributed by atoms with Crippen LogP contribution in [0.3, 0.4) is 0 Å². The van der Waals surface area contributed by atoms with Gasteiger partial charge >= 0.3 is 6.18 Å². The molecule has 9 heteroatoms. The fourth-order valence-corrected chi connectivity index (χ4v) is 3.41. The van der Waals surface area contributed by atoms with Gasteiger partial charge in [-0.1, -0.05) is 6.07 Å². The maximum Gasteiger partial charge on any atom is 0.415 e. The molecule has 0 saturated carbocycles. The van der Waals surface area contributed by atoms with E-state index in [0.717, 1.165) is 4.31 Å². The molecule has 21 heavy (non-hydrogen) atoms. The van der Waals surface area contributed by atoms with Crippen LogP contribution >= 0.6 is 0 Å². The van der Waals surface area contributed by atoms with Gasteiger partial charge < -0.3 is 9.47 Å². The fourth-order valence-electron chi connectivity index (χ4n) is 1.95. The Balaban J connectivity index is 2.26. The predicted octanol–water partition coefficient (Wildman–Crippen LogP) is 1.65. The smallest absolute Gasteiger partial charge is 0.415 e. The van der Waals surface area contributed by atoms with Gasteiger partial charge in [0, 0.05) is 19.2 Å². The first-order chi connectivity index (χ1) is 9.75. The Kier molecular flexibility index (Phi) is 4.45. The quantitative estimate of drug-likeness (QED) is 0.848. The van der Waals surface area contributed by atoms with Gasteiger partial charge in [-0.05, 0) is 12.1 Å². The van der Waals surface area contributed by atoms with E-state index >= 15 is 0 Å². The molecular formula is C12H14F3NO4S. The van der Waals surface area contributed by atoms with Gasteiger partial charge in [-0.3, -0.25) is 0 Å². The first-order valence-electron chi connectivity index (χ1n) is 6.07. The highest BCUT2D eigenvalue weighted by Crippen LogP contribution is 2.29. The molecule has 0 aliphatic carbocycles. The molecule has 1 aliphatic rings. The van der Waals surface area contributed by atoms with Crippen LogP contribution in [0.25, 0.3) is 0 Å². The third kappa shape index (κ3) is 3.47. The van der Waals surface area contributed by atoms with Crippen molar-refractivity contribution in [1.29, 1.82) is 0 Å². The SMILES string of the molecule is COc1cccc(S(=O)(=O)N2CCO[C@H](C(F)(F)F)C2)c1. The molecule has 0 radical (unpaired) electrons. The van der Waals surface area contributed by atoms with Gasteiger partial charge in [-0.2, -0.15) is 17.5 Å². The molecule has 0 spiro atoms. The van der Waals surface area contributed by atoms with Crippen molar-refractivity contribution in [2.45, 2.75) is 17.2 Å². The number of halogens is 3. The zero-order chi connectivity index (χ0) is 15.7. The third-order valence-electron chi connectivity index (χ3n) is 3.07. The Morgan fingerprint density at radius 1 is 1.38 bits per heavy atom. The second kappa shape index (κ2) is 5.82. The van der Waals surface area contributed by atoms with E-state index in [1.54, 1.807) is 6.07 Å². The minimum absolute atomic E-state index is 0.107. The minimum atomic E-state index is -4.59. The number of ether oxygens (including phenoxy) is 2. The van der Waals surface area contributed by atoms with Crippen molar-refractivity contribution < 1.29 is 31.1 Å². The summed E-state index contributed by atoms with van der Waals surface area (Å²) in [6.07, 6.45) is -6.70. The molecule has 1 fully saturated rings. The summed E-state index contributed by atoms with van der Waals surface area (Å²) in [6, 6.07) is 5.60. The van der Waals surface area contributed by atoms with Crippen LogP contribution in [0.2, 0.25) is 0 Å². The molecule has 1 atom stereocenters. The van der Waals surface area contributed by atoms with Crippen LogP contribution in [0, 0.1) is 0 Å². The number of alkyl halides is 3. The van der Waals surface area contributed by atoms with Gasteiger partial charge in [-0.25, -0.2) is 8.42 Å². The van der Waals surface area contributed by atoms with Gasteiger partial charge in [0.25, 0.3) is 0 Å². The summed E-state index contributed by atoms with van der Waals surface area (Å²) < 4.78 is 73.0. The van der Waals surface area contributed by atoms with Gasteiger partial charge in [0.1, 0.15) is 5.75 Å². The summed E-state index contributed by atoms with van der Waals surface area (Å²) in [5.41, 5.74) is 0. The number of nitrogens with zero attached hydrogens (tertiary/aromatic N) is 1. The Labute approximate surface area is 120 Å². The monoisotopic (exact) mass is 325 g/mol. The van der Waals surface area contributed by atoms with Crippen molar-refractivity contribution in [3.8, 4) is 5.75 Å². The van der Waals surface area contributed by atoms with Crippen LogP contribution in [0.4, 0.5) is 13.2 Å². The van der Waals surface area contributed by atoms with E-state index in [2.05, 4.69) is 4.74 Å². The standard InChI is InChI=1S/C12H14F3NO4S/c1-19-9-3-2-4-10(7-9)21(17,18)16-5-6-20-11(8-16)12(13,14)15/h2-4,7,11H,5-6,8H2,1H3/t11-/m0/s1. The number of methoxy groups -OCH3 is 1. The summed E-state index contributed by atoms with van der Waals surface area (Å²) in [4.78, 5) is -0.107. The lowest BCUT2D eigenvalue weighted by Gasteiger charge is -2.33. The molecule has 1 heterocycles. The first-order valence-corrected chi connectivity index (χ1v) is 7.51. The van der Waals surface area contributed by atoms with Gasteiger partial charge in [0.15, 0.2) is 6.10 Å². The lowest BCUT2D eigenvalue weighted by atomic mass is 10.3. The van der Waals surface area contributed by atoms with Crippen molar-refractivity contribution in [1.82, 2.24) is 4.31 Å². The van der Waals surface area contributed by atoms with Crippen LogP contribution in [-0.4, -0.2) is 51.8 Å². The number of morpholine rings is 1. The Morgan fingerprint density at radius 3 is 2.71 bits per heavy atom. The van der Waals surface area contributed by atoms with Crippen LogP contribution in [0.1, 0.15) is 0 Å². The fraction of sp³-hybridized carbons (Fsp3) is 0.500. The van der Waals surface area contributed by atoms with Crippen LogP contribution in [-0.2, 0) is 14.8 Å². The highest BCUT2D eigenvalue weighted by molar-refractivity contribution is 7.89. The highest BCUT2D eigenvalue weighted by atomic mass is 32.2. The number of benzene rings is 1. The van der Waals surface area contributed by atoms with E-state index in [1.807, 2.05) is 0 Å². The second-order valence-corrected chi connectivity index (χ2v) is 6.38. The van der Waals surface area contributed by atoms with E-state index in [4.69, 9.17) is 4.74 Å². The molecular weight excluding hydrogens is 311 g/mol. The van der Waals surface area contributed by atoms with E-state index in [-0.39, 0.29) is 18.0 Å². The highest BCUT2D eigenvalue weighted by Gasteiger charge is 2.45. The topological polar surface area (TPSA) is 55.8 Å². The zero-order valence-corrected chi connectivity index (χ0v) is 11.9. The average Bonchev–Trinajstić information content (AvgIpc) is 2.46. The number of hydrogen-bond acceptors (Lipinski definition) is 4. The average molecular weight is 325 g/mol. The number of hydrogen-bond donors (Lipinski definition) is 0. The van der Waals surface area contributed by atoms with E-state index < -0.39 is 28.8 Å². The molecule has 1 aliphatic heterocycles. The third-order valence-corrected chi connectivity index (χ3v) is 4.93. The summed E-state index contributed by atoms with van der Waals surface area (Å²) in [6.45, 7) is -1.16. The molecule has 0 N–H and O–H groups in total. The molecule has 0 bridgehead atoms. The van der Waals surface area contributed by atoms with E-state index in [9.17, 15) is 21.6 Å². The summed E-state index contributed by atoms with van der Waals surface area (Å²) in [7, 11) is -2.64. The molecule has 1 saturated heterocycles. The molecule has 0 unspecified atom stereocenters. The summed E-state index contributed by atoms with van der Waals surface area (Å²) in [5, 5.41) is 0. The lowest BCUT2D eigenvalue weighted by molar-refractivity contribution is -0.231. The summed E-state index contributed by atoms with van der Waals surface area (Å²) >= 11 is 0. The number of sulfonamides is 1. The maximum atomic E-state index is 12.7. The van der Waals surface area contributed by atoms with Crippen LogP contribution in [0.15, 0.2) is 29.2 Å². The normalized spacial score (nSPS) is 21.2. The minimum Gasteiger partial charge on any atom is -0.497 e. The Morgan fingerprint density at radius 2 is 2.10 bits per heavy atom. The van der Waals surface area contributed by atoms with E-state index in [1.165, 1.54) is 25.3 Å². The molecule has 0 amide bonds. The molecule has 1 aromatic carbocycles. The number of rotatable bonds is 3. The van der Waals surface area contributed by atoms with Gasteiger partial charge in [0.2, 0.25) is 10.0 Å². The zero-order valence-electron chi connectivity index (χ0n) is 11.1. The Hall–Kier alpha value is -1.32. The van der Waals surface area contributed by atoms with Crippen molar-refractivity contribution >= 4 is 10.0 Å². The van der Waals surface area contributed by atoms with Crippen LogP contribution < -0.4 is 4.74 Å². The molecule has 2 rings (SSSR count). The van der Waals surface area contributed by atoms with Gasteiger partial charge in [-0.15, -0.1) is 0 Å². The molecule has 118 valence electrons. The van der Waals surface area contributed by atoms with Crippen molar-refractivity contribution in [2.75, 3.05) is 26.8 Å². The molecule has 0 aromatic heterocycles. The Bertz CT molecular complexity index is 603. The maximum absolute atomic E-state index is 12.7. The van der Waals surface area contributed by atoms with Crippen molar-refractivity contribution in [3.63, 3.8) is 0 Å². The second-order valence-electron chi connectivity index (χ2n) is 4.44. The van der Waals surface area contributed by atoms with Crippen molar-refractivity contribution in [3.05, 3.63) is 24.3 Å². The van der Waals surface area contributed by atoms with E-state index in [0.29, 0.717) is 5.75 Å². The van der Waals surface area contributed by atoms with Crippen LogP contribution in [0.5, 0.6) is 5.75 Å². The van der Waals surface area contributed by atoms with Crippen molar-refractivity contribution in [2.24, 2.45) is 0 Å². The largest absolute Gasteiger partial charge is 0.497 e. The lowest BCUT2D eigenvalue weighted by Crippen LogP contribution is -2.51. The summed E-state index contributed by atoms with van der Waals surface area (Å²) in [5.74, 6) is 0.316.